The minimum absolute atomic E-state index is 0.0997. The Hall–Kier alpha value is -1.65. The SMILES string of the molecule is CCOC(=O)C1C(=O)CCCC[C@@H]1[C@H]1C=CC(=O)O1. The second-order valence-electron chi connectivity index (χ2n) is 4.87. The lowest BCUT2D eigenvalue weighted by atomic mass is 9.83. The topological polar surface area (TPSA) is 69.7 Å². The van der Waals surface area contributed by atoms with Crippen LogP contribution in [0.1, 0.15) is 32.6 Å². The van der Waals surface area contributed by atoms with Crippen LogP contribution in [0.25, 0.3) is 0 Å². The Morgan fingerprint density at radius 1 is 1.42 bits per heavy atom. The van der Waals surface area contributed by atoms with Crippen LogP contribution in [-0.4, -0.2) is 30.4 Å². The molecule has 0 aromatic rings. The van der Waals surface area contributed by atoms with Gasteiger partial charge in [0.15, 0.2) is 0 Å². The van der Waals surface area contributed by atoms with Crippen LogP contribution < -0.4 is 0 Å². The molecule has 1 saturated carbocycles. The zero-order valence-corrected chi connectivity index (χ0v) is 11.0. The van der Waals surface area contributed by atoms with Crippen molar-refractivity contribution in [1.82, 2.24) is 0 Å². The molecule has 0 amide bonds. The summed E-state index contributed by atoms with van der Waals surface area (Å²) in [6.45, 7) is 1.96. The molecular weight excluding hydrogens is 248 g/mol. The lowest BCUT2D eigenvalue weighted by Crippen LogP contribution is -2.38. The Kier molecular flexibility index (Phi) is 4.35. The molecule has 1 aliphatic heterocycles. The highest BCUT2D eigenvalue weighted by Gasteiger charge is 2.42. The normalized spacial score (nSPS) is 30.9. The molecular formula is C14H18O5. The predicted octanol–water partition coefficient (Wildman–Crippen LogP) is 1.41. The van der Waals surface area contributed by atoms with Gasteiger partial charge >= 0.3 is 11.9 Å². The first-order chi connectivity index (χ1) is 9.13. The first kappa shape index (κ1) is 13.8. The van der Waals surface area contributed by atoms with Crippen LogP contribution >= 0.6 is 0 Å². The first-order valence-corrected chi connectivity index (χ1v) is 6.71. The van der Waals surface area contributed by atoms with Crippen LogP contribution in [0.3, 0.4) is 0 Å². The number of esters is 2. The third kappa shape index (κ3) is 3.03. The van der Waals surface area contributed by atoms with E-state index < -0.39 is 24.0 Å². The fourth-order valence-electron chi connectivity index (χ4n) is 2.75. The van der Waals surface area contributed by atoms with Crippen LogP contribution in [0, 0.1) is 11.8 Å². The molecule has 1 unspecified atom stereocenters. The number of rotatable bonds is 3. The smallest absolute Gasteiger partial charge is 0.331 e. The molecule has 0 bridgehead atoms. The van der Waals surface area contributed by atoms with E-state index in [1.807, 2.05) is 0 Å². The number of hydrogen-bond donors (Lipinski definition) is 0. The molecule has 1 heterocycles. The molecule has 1 aliphatic carbocycles. The van der Waals surface area contributed by atoms with Gasteiger partial charge in [-0.05, 0) is 25.8 Å². The van der Waals surface area contributed by atoms with Crippen molar-refractivity contribution in [3.8, 4) is 0 Å². The van der Waals surface area contributed by atoms with Gasteiger partial charge < -0.3 is 9.47 Å². The van der Waals surface area contributed by atoms with Gasteiger partial charge in [0.1, 0.15) is 17.8 Å². The van der Waals surface area contributed by atoms with Gasteiger partial charge in [-0.3, -0.25) is 9.59 Å². The molecule has 104 valence electrons. The summed E-state index contributed by atoms with van der Waals surface area (Å²) in [6, 6.07) is 0. The molecule has 0 aromatic carbocycles. The van der Waals surface area contributed by atoms with Crippen molar-refractivity contribution >= 4 is 17.7 Å². The van der Waals surface area contributed by atoms with Crippen molar-refractivity contribution in [3.05, 3.63) is 12.2 Å². The standard InChI is InChI=1S/C14H18O5/c1-2-18-14(17)13-9(5-3-4-6-10(13)15)11-7-8-12(16)19-11/h7-9,11,13H,2-6H2,1H3/t9-,11-,13?/m1/s1. The summed E-state index contributed by atoms with van der Waals surface area (Å²) >= 11 is 0. The number of cyclic esters (lactones) is 1. The van der Waals surface area contributed by atoms with E-state index in [-0.39, 0.29) is 18.3 Å². The van der Waals surface area contributed by atoms with Gasteiger partial charge in [-0.25, -0.2) is 4.79 Å². The van der Waals surface area contributed by atoms with Crippen molar-refractivity contribution in [2.24, 2.45) is 11.8 Å². The number of ketones is 1. The second kappa shape index (κ2) is 5.99. The van der Waals surface area contributed by atoms with Crippen LogP contribution in [0.15, 0.2) is 12.2 Å². The van der Waals surface area contributed by atoms with Crippen molar-refractivity contribution in [2.45, 2.75) is 38.7 Å². The summed E-state index contributed by atoms with van der Waals surface area (Å²) < 4.78 is 10.2. The molecule has 2 rings (SSSR count). The Morgan fingerprint density at radius 2 is 2.21 bits per heavy atom. The average Bonchev–Trinajstić information content (AvgIpc) is 2.69. The maximum atomic E-state index is 12.1. The molecule has 0 aromatic heterocycles. The molecule has 1 fully saturated rings. The summed E-state index contributed by atoms with van der Waals surface area (Å²) in [7, 11) is 0. The highest BCUT2D eigenvalue weighted by molar-refractivity contribution is 5.99. The highest BCUT2D eigenvalue weighted by Crippen LogP contribution is 2.33. The zero-order valence-electron chi connectivity index (χ0n) is 11.0. The van der Waals surface area contributed by atoms with E-state index in [1.54, 1.807) is 13.0 Å². The van der Waals surface area contributed by atoms with E-state index in [1.165, 1.54) is 6.08 Å². The van der Waals surface area contributed by atoms with Gasteiger partial charge in [-0.2, -0.15) is 0 Å². The molecule has 0 N–H and O–H groups in total. The second-order valence-corrected chi connectivity index (χ2v) is 4.87. The third-order valence-corrected chi connectivity index (χ3v) is 3.62. The molecule has 0 saturated heterocycles. The average molecular weight is 266 g/mol. The Balaban J connectivity index is 2.20. The Bertz CT molecular complexity index is 412. The predicted molar refractivity (Wildman–Crippen MR) is 66.1 cm³/mol. The maximum absolute atomic E-state index is 12.1. The summed E-state index contributed by atoms with van der Waals surface area (Å²) in [5.74, 6) is -2.10. The number of Topliss-reactive ketones (excluding diaryl/α,β-unsaturated/α-hetero) is 1. The number of carbonyl (C=O) groups is 3. The summed E-state index contributed by atoms with van der Waals surface area (Å²) in [5.41, 5.74) is 0. The Morgan fingerprint density at radius 3 is 2.84 bits per heavy atom. The van der Waals surface area contributed by atoms with Crippen molar-refractivity contribution in [2.75, 3.05) is 6.61 Å². The molecule has 19 heavy (non-hydrogen) atoms. The van der Waals surface area contributed by atoms with Gasteiger partial charge in [-0.1, -0.05) is 6.42 Å². The van der Waals surface area contributed by atoms with Crippen molar-refractivity contribution < 1.29 is 23.9 Å². The molecule has 5 nitrogen and oxygen atoms in total. The fraction of sp³-hybridized carbons (Fsp3) is 0.643. The van der Waals surface area contributed by atoms with Gasteiger partial charge in [0.25, 0.3) is 0 Å². The fourth-order valence-corrected chi connectivity index (χ4v) is 2.75. The molecule has 5 heteroatoms. The minimum atomic E-state index is -0.803. The van der Waals surface area contributed by atoms with E-state index in [9.17, 15) is 14.4 Å². The summed E-state index contributed by atoms with van der Waals surface area (Å²) in [6.07, 6.45) is 5.22. The van der Waals surface area contributed by atoms with Crippen LogP contribution in [-0.2, 0) is 23.9 Å². The summed E-state index contributed by atoms with van der Waals surface area (Å²) in [4.78, 5) is 35.3. The van der Waals surface area contributed by atoms with E-state index in [2.05, 4.69) is 0 Å². The number of hydrogen-bond acceptors (Lipinski definition) is 5. The van der Waals surface area contributed by atoms with Crippen LogP contribution in [0.5, 0.6) is 0 Å². The van der Waals surface area contributed by atoms with E-state index in [0.717, 1.165) is 12.8 Å². The summed E-state index contributed by atoms with van der Waals surface area (Å²) in [5, 5.41) is 0. The van der Waals surface area contributed by atoms with Crippen LogP contribution in [0.4, 0.5) is 0 Å². The molecule has 3 atom stereocenters. The molecule has 0 radical (unpaired) electrons. The zero-order chi connectivity index (χ0) is 13.8. The van der Waals surface area contributed by atoms with Gasteiger partial charge in [-0.15, -0.1) is 0 Å². The molecule has 2 aliphatic rings. The highest BCUT2D eigenvalue weighted by atomic mass is 16.5. The van der Waals surface area contributed by atoms with E-state index in [4.69, 9.17) is 9.47 Å². The van der Waals surface area contributed by atoms with Crippen molar-refractivity contribution in [3.63, 3.8) is 0 Å². The minimum Gasteiger partial charge on any atom is -0.465 e. The van der Waals surface area contributed by atoms with Gasteiger partial charge in [0, 0.05) is 18.4 Å². The lowest BCUT2D eigenvalue weighted by Gasteiger charge is -2.26. The lowest BCUT2D eigenvalue weighted by molar-refractivity contribution is -0.158. The monoisotopic (exact) mass is 266 g/mol. The van der Waals surface area contributed by atoms with Crippen LogP contribution in [0.2, 0.25) is 0 Å². The molecule has 0 spiro atoms. The number of ether oxygens (including phenoxy) is 2. The largest absolute Gasteiger partial charge is 0.465 e. The third-order valence-electron chi connectivity index (χ3n) is 3.62. The van der Waals surface area contributed by atoms with E-state index in [0.29, 0.717) is 12.8 Å². The first-order valence-electron chi connectivity index (χ1n) is 6.71. The maximum Gasteiger partial charge on any atom is 0.331 e. The number of carbonyl (C=O) groups excluding carboxylic acids is 3. The Labute approximate surface area is 111 Å². The quantitative estimate of drug-likeness (QED) is 0.439. The van der Waals surface area contributed by atoms with E-state index >= 15 is 0 Å². The van der Waals surface area contributed by atoms with Gasteiger partial charge in [0.05, 0.1) is 6.61 Å². The van der Waals surface area contributed by atoms with Crippen molar-refractivity contribution in [1.29, 1.82) is 0 Å². The van der Waals surface area contributed by atoms with Gasteiger partial charge in [0.2, 0.25) is 0 Å².